The predicted octanol–water partition coefficient (Wildman–Crippen LogP) is 5.63. The van der Waals surface area contributed by atoms with Gasteiger partial charge in [0.05, 0.1) is 31.5 Å². The van der Waals surface area contributed by atoms with Gasteiger partial charge in [0.15, 0.2) is 11.6 Å². The highest BCUT2D eigenvalue weighted by Crippen LogP contribution is 2.41. The highest BCUT2D eigenvalue weighted by molar-refractivity contribution is 6.46. The molecule has 4 aromatic rings. The predicted molar refractivity (Wildman–Crippen MR) is 137 cm³/mol. The lowest BCUT2D eigenvalue weighted by Crippen LogP contribution is -2.29. The van der Waals surface area contributed by atoms with Crippen molar-refractivity contribution in [1.29, 1.82) is 0 Å². The van der Waals surface area contributed by atoms with E-state index in [0.29, 0.717) is 23.7 Å². The Morgan fingerprint density at radius 2 is 1.76 bits per heavy atom. The molecule has 2 heterocycles. The van der Waals surface area contributed by atoms with Gasteiger partial charge in [0.2, 0.25) is 0 Å². The first-order valence-corrected chi connectivity index (χ1v) is 11.9. The Bertz CT molecular complexity index is 1480. The Hall–Kier alpha value is -4.85. The second-order valence-corrected chi connectivity index (χ2v) is 8.70. The molecule has 1 aliphatic rings. The second-order valence-electron chi connectivity index (χ2n) is 8.70. The van der Waals surface area contributed by atoms with E-state index in [1.807, 2.05) is 30.3 Å². The molecule has 0 spiro atoms. The number of halogens is 1. The number of rotatable bonds is 8. The van der Waals surface area contributed by atoms with E-state index in [0.717, 1.165) is 11.6 Å². The molecule has 8 heteroatoms. The third-order valence-corrected chi connectivity index (χ3v) is 6.32. The Balaban J connectivity index is 1.52. The Morgan fingerprint density at radius 1 is 1.00 bits per heavy atom. The summed E-state index contributed by atoms with van der Waals surface area (Å²) < 4.78 is 30.6. The number of methoxy groups -OCH3 is 1. The number of carbonyl (C=O) groups is 2. The SMILES string of the molecule is COc1ccc(C(O)=C2C(=O)C(=O)N(Cc3ccco3)C2c2ccc(OCc3ccccc3)cc2)cc1F. The summed E-state index contributed by atoms with van der Waals surface area (Å²) in [6.07, 6.45) is 1.47. The van der Waals surface area contributed by atoms with Crippen LogP contribution in [0.1, 0.15) is 28.5 Å². The number of nitrogens with zero attached hydrogens (tertiary/aromatic N) is 1. The zero-order valence-electron chi connectivity index (χ0n) is 20.5. The van der Waals surface area contributed by atoms with Gasteiger partial charge in [-0.1, -0.05) is 42.5 Å². The molecule has 7 nitrogen and oxygen atoms in total. The van der Waals surface area contributed by atoms with Crippen LogP contribution in [0.3, 0.4) is 0 Å². The number of benzene rings is 3. The van der Waals surface area contributed by atoms with Gasteiger partial charge in [-0.3, -0.25) is 9.59 Å². The highest BCUT2D eigenvalue weighted by Gasteiger charge is 2.46. The molecule has 1 saturated heterocycles. The summed E-state index contributed by atoms with van der Waals surface area (Å²) in [6.45, 7) is 0.377. The number of aliphatic hydroxyl groups excluding tert-OH is 1. The third-order valence-electron chi connectivity index (χ3n) is 6.32. The quantitative estimate of drug-likeness (QED) is 0.187. The van der Waals surface area contributed by atoms with Crippen molar-refractivity contribution in [3.8, 4) is 11.5 Å². The van der Waals surface area contributed by atoms with Gasteiger partial charge in [-0.15, -0.1) is 0 Å². The molecule has 0 aliphatic carbocycles. The van der Waals surface area contributed by atoms with Crippen LogP contribution in [0, 0.1) is 5.82 Å². The molecule has 192 valence electrons. The number of ether oxygens (including phenoxy) is 2. The van der Waals surface area contributed by atoms with Gasteiger partial charge in [-0.05, 0) is 53.6 Å². The van der Waals surface area contributed by atoms with E-state index < -0.39 is 29.3 Å². The van der Waals surface area contributed by atoms with Crippen LogP contribution in [0.25, 0.3) is 5.76 Å². The molecule has 1 fully saturated rings. The molecule has 1 atom stereocenters. The smallest absolute Gasteiger partial charge is 0.296 e. The third kappa shape index (κ3) is 4.88. The molecule has 1 aromatic heterocycles. The summed E-state index contributed by atoms with van der Waals surface area (Å²) in [5, 5.41) is 11.2. The minimum absolute atomic E-state index is 0.00223. The minimum Gasteiger partial charge on any atom is -0.507 e. The lowest BCUT2D eigenvalue weighted by atomic mass is 9.95. The van der Waals surface area contributed by atoms with E-state index in [4.69, 9.17) is 13.9 Å². The van der Waals surface area contributed by atoms with E-state index >= 15 is 0 Å². The second kappa shape index (κ2) is 10.6. The summed E-state index contributed by atoms with van der Waals surface area (Å²) in [4.78, 5) is 27.6. The van der Waals surface area contributed by atoms with Crippen LogP contribution in [-0.4, -0.2) is 28.8 Å². The maximum absolute atomic E-state index is 14.4. The van der Waals surface area contributed by atoms with Gasteiger partial charge >= 0.3 is 0 Å². The van der Waals surface area contributed by atoms with Gasteiger partial charge in [0.1, 0.15) is 23.9 Å². The summed E-state index contributed by atoms with van der Waals surface area (Å²) in [7, 11) is 1.32. The van der Waals surface area contributed by atoms with Crippen molar-refractivity contribution in [3.05, 3.63) is 125 Å². The number of Topliss-reactive ketones (excluding diaryl/α,β-unsaturated/α-hetero) is 1. The summed E-state index contributed by atoms with van der Waals surface area (Å²) in [5.41, 5.74) is 1.48. The molecule has 1 aliphatic heterocycles. The van der Waals surface area contributed by atoms with Crippen LogP contribution in [0.4, 0.5) is 4.39 Å². The number of hydrogen-bond donors (Lipinski definition) is 1. The fourth-order valence-electron chi connectivity index (χ4n) is 4.42. The number of carbonyl (C=O) groups excluding carboxylic acids is 2. The van der Waals surface area contributed by atoms with E-state index in [1.165, 1.54) is 30.4 Å². The van der Waals surface area contributed by atoms with Crippen molar-refractivity contribution in [2.45, 2.75) is 19.2 Å². The lowest BCUT2D eigenvalue weighted by molar-refractivity contribution is -0.140. The summed E-state index contributed by atoms with van der Waals surface area (Å²) >= 11 is 0. The highest BCUT2D eigenvalue weighted by atomic mass is 19.1. The standard InChI is InChI=1S/C30H24FNO6/c1-36-25-14-11-21(16-24(25)31)28(33)26-27(32(30(35)29(26)34)17-23-8-5-15-37-23)20-9-12-22(13-10-20)38-18-19-6-3-2-4-7-19/h2-16,27,33H,17-18H2,1H3. The van der Waals surface area contributed by atoms with Crippen LogP contribution < -0.4 is 9.47 Å². The molecule has 3 aromatic carbocycles. The van der Waals surface area contributed by atoms with Crippen LogP contribution in [0.5, 0.6) is 11.5 Å². The topological polar surface area (TPSA) is 89.2 Å². The Kier molecular flexibility index (Phi) is 6.95. The van der Waals surface area contributed by atoms with E-state index in [1.54, 1.807) is 36.4 Å². The van der Waals surface area contributed by atoms with Crippen molar-refractivity contribution in [2.75, 3.05) is 7.11 Å². The van der Waals surface area contributed by atoms with Crippen molar-refractivity contribution in [2.24, 2.45) is 0 Å². The van der Waals surface area contributed by atoms with Crippen LogP contribution >= 0.6 is 0 Å². The maximum Gasteiger partial charge on any atom is 0.296 e. The number of aliphatic hydroxyl groups is 1. The van der Waals surface area contributed by atoms with Crippen molar-refractivity contribution < 1.29 is 33.0 Å². The average Bonchev–Trinajstić information content (AvgIpc) is 3.55. The number of amides is 1. The number of furan rings is 1. The van der Waals surface area contributed by atoms with Gasteiger partial charge in [-0.2, -0.15) is 0 Å². The number of likely N-dealkylation sites (tertiary alicyclic amines) is 1. The Labute approximate surface area is 218 Å². The van der Waals surface area contributed by atoms with Gasteiger partial charge in [0, 0.05) is 5.56 Å². The number of hydrogen-bond acceptors (Lipinski definition) is 6. The molecule has 1 N–H and O–H groups in total. The van der Waals surface area contributed by atoms with Crippen LogP contribution in [0.15, 0.2) is 101 Å². The molecule has 0 saturated carbocycles. The Morgan fingerprint density at radius 3 is 2.42 bits per heavy atom. The fraction of sp³-hybridized carbons (Fsp3) is 0.133. The molecule has 0 bridgehead atoms. The summed E-state index contributed by atoms with van der Waals surface area (Å²) in [6, 6.07) is 22.9. The first-order chi connectivity index (χ1) is 18.5. The summed E-state index contributed by atoms with van der Waals surface area (Å²) in [5.74, 6) is -1.82. The van der Waals surface area contributed by atoms with Crippen molar-refractivity contribution >= 4 is 17.4 Å². The van der Waals surface area contributed by atoms with Crippen molar-refractivity contribution in [1.82, 2.24) is 4.90 Å². The zero-order chi connectivity index (χ0) is 26.6. The largest absolute Gasteiger partial charge is 0.507 e. The molecule has 0 radical (unpaired) electrons. The van der Waals surface area contributed by atoms with E-state index in [2.05, 4.69) is 0 Å². The molecule has 38 heavy (non-hydrogen) atoms. The molecular formula is C30H24FNO6. The van der Waals surface area contributed by atoms with E-state index in [-0.39, 0.29) is 23.4 Å². The maximum atomic E-state index is 14.4. The van der Waals surface area contributed by atoms with Crippen LogP contribution in [-0.2, 0) is 22.7 Å². The molecule has 1 amide bonds. The average molecular weight is 514 g/mol. The van der Waals surface area contributed by atoms with E-state index in [9.17, 15) is 19.1 Å². The molecule has 5 rings (SSSR count). The monoisotopic (exact) mass is 513 g/mol. The number of ketones is 1. The fourth-order valence-corrected chi connectivity index (χ4v) is 4.42. The molecular weight excluding hydrogens is 489 g/mol. The first-order valence-electron chi connectivity index (χ1n) is 11.9. The van der Waals surface area contributed by atoms with Gasteiger partial charge < -0.3 is 23.9 Å². The first kappa shape index (κ1) is 24.8. The zero-order valence-corrected chi connectivity index (χ0v) is 20.5. The molecule has 1 unspecified atom stereocenters. The van der Waals surface area contributed by atoms with Crippen molar-refractivity contribution in [3.63, 3.8) is 0 Å². The minimum atomic E-state index is -0.937. The van der Waals surface area contributed by atoms with Gasteiger partial charge in [-0.25, -0.2) is 4.39 Å². The van der Waals surface area contributed by atoms with Gasteiger partial charge in [0.25, 0.3) is 11.7 Å². The lowest BCUT2D eigenvalue weighted by Gasteiger charge is -2.24. The van der Waals surface area contributed by atoms with Crippen LogP contribution in [0.2, 0.25) is 0 Å². The normalized spacial score (nSPS) is 16.6.